The van der Waals surface area contributed by atoms with E-state index in [0.29, 0.717) is 12.5 Å². The molecule has 3 N–H and O–H groups in total. The van der Waals surface area contributed by atoms with Crippen molar-refractivity contribution in [1.29, 1.82) is 0 Å². The lowest BCUT2D eigenvalue weighted by atomic mass is 10.1. The molecule has 2 aromatic rings. The van der Waals surface area contributed by atoms with Crippen molar-refractivity contribution in [2.75, 3.05) is 6.54 Å². The summed E-state index contributed by atoms with van der Waals surface area (Å²) in [7, 11) is 0. The van der Waals surface area contributed by atoms with Crippen molar-refractivity contribution < 1.29 is 0 Å². The fourth-order valence-electron chi connectivity index (χ4n) is 1.90. The van der Waals surface area contributed by atoms with Gasteiger partial charge in [-0.15, -0.1) is 0 Å². The van der Waals surface area contributed by atoms with Gasteiger partial charge in [0.2, 0.25) is 0 Å². The van der Waals surface area contributed by atoms with Crippen molar-refractivity contribution in [3.8, 4) is 11.3 Å². The zero-order chi connectivity index (χ0) is 12.3. The molecule has 0 bridgehead atoms. The molecule has 0 saturated heterocycles. The maximum absolute atomic E-state index is 5.72. The molecule has 1 unspecified atom stereocenters. The average molecular weight is 229 g/mol. The smallest absolute Gasteiger partial charge is 0.110 e. The van der Waals surface area contributed by atoms with E-state index in [1.165, 1.54) is 11.1 Å². The Bertz CT molecular complexity index is 466. The van der Waals surface area contributed by atoms with Crippen LogP contribution in [-0.2, 0) is 0 Å². The minimum absolute atomic E-state index is 0.328. The van der Waals surface area contributed by atoms with E-state index in [9.17, 15) is 0 Å². The lowest BCUT2D eigenvalue weighted by molar-refractivity contribution is 0.639. The summed E-state index contributed by atoms with van der Waals surface area (Å²) in [5.74, 6) is 1.32. The number of nitrogens with two attached hydrogens (primary N) is 1. The second kappa shape index (κ2) is 5.15. The molecule has 0 aliphatic carbocycles. The maximum Gasteiger partial charge on any atom is 0.110 e. The minimum atomic E-state index is 0.328. The lowest BCUT2D eigenvalue weighted by Gasteiger charge is -2.07. The van der Waals surface area contributed by atoms with Gasteiger partial charge >= 0.3 is 0 Å². The molecule has 2 rings (SSSR count). The number of aromatic amines is 1. The minimum Gasteiger partial charge on any atom is -0.342 e. The van der Waals surface area contributed by atoms with E-state index in [2.05, 4.69) is 48.1 Å². The molecule has 1 aromatic carbocycles. The Hall–Kier alpha value is -1.61. The normalized spacial score (nSPS) is 12.6. The van der Waals surface area contributed by atoms with Gasteiger partial charge in [-0.25, -0.2) is 4.98 Å². The second-order valence-electron chi connectivity index (χ2n) is 4.39. The van der Waals surface area contributed by atoms with Crippen LogP contribution in [0.2, 0.25) is 0 Å². The molecule has 1 heterocycles. The van der Waals surface area contributed by atoms with Gasteiger partial charge in [0, 0.05) is 12.5 Å². The van der Waals surface area contributed by atoms with Gasteiger partial charge in [0.25, 0.3) is 0 Å². The first-order chi connectivity index (χ1) is 8.24. The maximum atomic E-state index is 5.72. The average Bonchev–Trinajstić information content (AvgIpc) is 2.81. The van der Waals surface area contributed by atoms with Crippen molar-refractivity contribution in [3.63, 3.8) is 0 Å². The van der Waals surface area contributed by atoms with Crippen LogP contribution < -0.4 is 5.73 Å². The van der Waals surface area contributed by atoms with Gasteiger partial charge in [0.1, 0.15) is 5.82 Å². The second-order valence-corrected chi connectivity index (χ2v) is 4.39. The van der Waals surface area contributed by atoms with Gasteiger partial charge in [-0.1, -0.05) is 36.8 Å². The van der Waals surface area contributed by atoms with E-state index >= 15 is 0 Å². The van der Waals surface area contributed by atoms with E-state index in [-0.39, 0.29) is 0 Å². The van der Waals surface area contributed by atoms with Gasteiger partial charge in [-0.2, -0.15) is 0 Å². The summed E-state index contributed by atoms with van der Waals surface area (Å²) in [4.78, 5) is 7.78. The number of nitrogens with zero attached hydrogens (tertiary/aromatic N) is 1. The number of aromatic nitrogens is 2. The van der Waals surface area contributed by atoms with E-state index in [1.54, 1.807) is 0 Å². The SMILES string of the molecule is CCC(CN)c1ncc(-c2ccc(C)cc2)[nH]1. The van der Waals surface area contributed by atoms with Crippen LogP contribution in [0.3, 0.4) is 0 Å². The first-order valence-corrected chi connectivity index (χ1v) is 6.06. The fraction of sp³-hybridized carbons (Fsp3) is 0.357. The quantitative estimate of drug-likeness (QED) is 0.847. The Morgan fingerprint density at radius 2 is 2.00 bits per heavy atom. The lowest BCUT2D eigenvalue weighted by Crippen LogP contribution is -2.12. The predicted molar refractivity (Wildman–Crippen MR) is 70.8 cm³/mol. The highest BCUT2D eigenvalue weighted by Crippen LogP contribution is 2.21. The molecule has 0 saturated carbocycles. The summed E-state index contributed by atoms with van der Waals surface area (Å²) in [5, 5.41) is 0. The summed E-state index contributed by atoms with van der Waals surface area (Å²) in [6.45, 7) is 4.85. The molecule has 3 nitrogen and oxygen atoms in total. The van der Waals surface area contributed by atoms with Gasteiger partial charge in [0.15, 0.2) is 0 Å². The van der Waals surface area contributed by atoms with Crippen LogP contribution in [0, 0.1) is 6.92 Å². The molecule has 1 aromatic heterocycles. The van der Waals surface area contributed by atoms with Crippen LogP contribution in [0.1, 0.15) is 30.7 Å². The number of hydrogen-bond donors (Lipinski definition) is 2. The number of nitrogens with one attached hydrogen (secondary N) is 1. The molecule has 0 radical (unpaired) electrons. The van der Waals surface area contributed by atoms with E-state index in [0.717, 1.165) is 17.9 Å². The van der Waals surface area contributed by atoms with Crippen LogP contribution in [0.25, 0.3) is 11.3 Å². The van der Waals surface area contributed by atoms with Gasteiger partial charge in [0.05, 0.1) is 11.9 Å². The number of aryl methyl sites for hydroxylation is 1. The molecule has 0 aliphatic heterocycles. The Morgan fingerprint density at radius 1 is 1.29 bits per heavy atom. The van der Waals surface area contributed by atoms with Gasteiger partial charge in [-0.3, -0.25) is 0 Å². The monoisotopic (exact) mass is 229 g/mol. The largest absolute Gasteiger partial charge is 0.342 e. The Labute approximate surface area is 102 Å². The molecule has 0 aliphatic rings. The third-order valence-corrected chi connectivity index (χ3v) is 3.12. The fourth-order valence-corrected chi connectivity index (χ4v) is 1.90. The summed E-state index contributed by atoms with van der Waals surface area (Å²) in [5.41, 5.74) is 9.22. The third-order valence-electron chi connectivity index (χ3n) is 3.12. The molecular formula is C14H19N3. The first kappa shape index (κ1) is 11.9. The highest BCUT2D eigenvalue weighted by atomic mass is 14.9. The predicted octanol–water partition coefficient (Wildman–Crippen LogP) is 2.84. The summed E-state index contributed by atoms with van der Waals surface area (Å²) >= 11 is 0. The summed E-state index contributed by atoms with van der Waals surface area (Å²) in [6.07, 6.45) is 2.90. The van der Waals surface area contributed by atoms with Crippen LogP contribution in [0.4, 0.5) is 0 Å². The molecular weight excluding hydrogens is 210 g/mol. The zero-order valence-corrected chi connectivity index (χ0v) is 10.4. The van der Waals surface area contributed by atoms with E-state index in [1.807, 2.05) is 6.20 Å². The van der Waals surface area contributed by atoms with E-state index < -0.39 is 0 Å². The van der Waals surface area contributed by atoms with Crippen LogP contribution in [-0.4, -0.2) is 16.5 Å². The first-order valence-electron chi connectivity index (χ1n) is 6.06. The molecule has 0 amide bonds. The Kier molecular flexibility index (Phi) is 3.59. The van der Waals surface area contributed by atoms with Crippen molar-refractivity contribution in [2.24, 2.45) is 5.73 Å². The van der Waals surface area contributed by atoms with Crippen molar-refractivity contribution in [3.05, 3.63) is 41.9 Å². The third kappa shape index (κ3) is 2.56. The van der Waals surface area contributed by atoms with Crippen LogP contribution in [0.15, 0.2) is 30.5 Å². The van der Waals surface area contributed by atoms with Crippen molar-refractivity contribution in [2.45, 2.75) is 26.2 Å². The summed E-state index contributed by atoms with van der Waals surface area (Å²) < 4.78 is 0. The number of rotatable bonds is 4. The van der Waals surface area contributed by atoms with Gasteiger partial charge in [-0.05, 0) is 18.9 Å². The molecule has 0 spiro atoms. The number of hydrogen-bond acceptors (Lipinski definition) is 2. The van der Waals surface area contributed by atoms with Crippen LogP contribution >= 0.6 is 0 Å². The number of benzene rings is 1. The zero-order valence-electron chi connectivity index (χ0n) is 10.4. The van der Waals surface area contributed by atoms with E-state index in [4.69, 9.17) is 5.73 Å². The molecule has 17 heavy (non-hydrogen) atoms. The molecule has 1 atom stereocenters. The molecule has 90 valence electrons. The van der Waals surface area contributed by atoms with Crippen molar-refractivity contribution in [1.82, 2.24) is 9.97 Å². The number of H-pyrrole nitrogens is 1. The molecule has 3 heteroatoms. The highest BCUT2D eigenvalue weighted by Gasteiger charge is 2.11. The standard InChI is InChI=1S/C14H19N3/c1-3-11(8-15)14-16-9-13(17-14)12-6-4-10(2)5-7-12/h4-7,9,11H,3,8,15H2,1-2H3,(H,16,17). The number of imidazole rings is 1. The van der Waals surface area contributed by atoms with Crippen LogP contribution in [0.5, 0.6) is 0 Å². The highest BCUT2D eigenvalue weighted by molar-refractivity contribution is 5.58. The Morgan fingerprint density at radius 3 is 2.59 bits per heavy atom. The summed E-state index contributed by atoms with van der Waals surface area (Å²) in [6, 6.07) is 8.43. The molecule has 0 fully saturated rings. The Balaban J connectivity index is 2.26. The van der Waals surface area contributed by atoms with Gasteiger partial charge < -0.3 is 10.7 Å². The topological polar surface area (TPSA) is 54.7 Å². The van der Waals surface area contributed by atoms with Crippen molar-refractivity contribution >= 4 is 0 Å².